The Balaban J connectivity index is 1.83. The molecule has 4 nitrogen and oxygen atoms in total. The van der Waals surface area contributed by atoms with Crippen molar-refractivity contribution in [3.05, 3.63) is 47.8 Å². The maximum absolute atomic E-state index is 13.2. The Bertz CT molecular complexity index is 818. The van der Waals surface area contributed by atoms with E-state index < -0.39 is 12.1 Å². The Hall–Kier alpha value is -2.43. The number of hydrogen-bond donors (Lipinski definition) is 1. The normalized spacial score (nSPS) is 23.6. The molecule has 2 aliphatic rings. The van der Waals surface area contributed by atoms with E-state index in [0.717, 1.165) is 12.0 Å². The molecule has 2 N–H and O–H groups in total. The Morgan fingerprint density at radius 2 is 2.24 bits per heavy atom. The van der Waals surface area contributed by atoms with Gasteiger partial charge in [0.25, 0.3) is 0 Å². The Kier molecular flexibility index (Phi) is 2.51. The number of nitrogens with zero attached hydrogens (tertiary/aromatic N) is 2. The first-order valence-corrected chi connectivity index (χ1v) is 6.97. The van der Waals surface area contributed by atoms with Crippen LogP contribution in [0.3, 0.4) is 0 Å². The molecule has 0 saturated heterocycles. The van der Waals surface area contributed by atoms with Crippen molar-refractivity contribution in [2.75, 3.05) is 5.73 Å². The van der Waals surface area contributed by atoms with Crippen LogP contribution in [0.4, 0.5) is 10.2 Å². The zero-order valence-corrected chi connectivity index (χ0v) is 11.3. The number of carbonyl (C=O) groups excluding carboxylic acids is 1. The molecule has 0 spiro atoms. The van der Waals surface area contributed by atoms with Crippen LogP contribution in [0.5, 0.6) is 0 Å². The fourth-order valence-corrected chi connectivity index (χ4v) is 2.77. The summed E-state index contributed by atoms with van der Waals surface area (Å²) in [6.45, 7) is 0. The molecule has 1 fully saturated rings. The highest BCUT2D eigenvalue weighted by Crippen LogP contribution is 2.38. The number of anilines is 1. The lowest BCUT2D eigenvalue weighted by Crippen LogP contribution is -2.10. The third kappa shape index (κ3) is 1.88. The summed E-state index contributed by atoms with van der Waals surface area (Å²) in [4.78, 5) is 16.5. The number of alkyl halides is 1. The average molecular weight is 283 g/mol. The van der Waals surface area contributed by atoms with Crippen LogP contribution in [0.2, 0.25) is 0 Å². The van der Waals surface area contributed by atoms with Crippen molar-refractivity contribution in [1.29, 1.82) is 0 Å². The molecule has 0 radical (unpaired) electrons. The van der Waals surface area contributed by atoms with Crippen molar-refractivity contribution in [3.63, 3.8) is 0 Å². The number of carbonyl (C=O) groups is 1. The SMILES string of the molecule is Nc1nc2ccc(C3=CC=CC3)cn2c1C(=O)[C@@H]1C[C@@H]1F. The van der Waals surface area contributed by atoms with Crippen molar-refractivity contribution in [1.82, 2.24) is 9.38 Å². The number of rotatable bonds is 3. The van der Waals surface area contributed by atoms with Crippen molar-refractivity contribution in [2.24, 2.45) is 5.92 Å². The summed E-state index contributed by atoms with van der Waals surface area (Å²) in [5.74, 6) is -0.624. The molecule has 2 heterocycles. The first-order valence-electron chi connectivity index (χ1n) is 6.97. The van der Waals surface area contributed by atoms with Gasteiger partial charge in [0, 0.05) is 6.20 Å². The third-order valence-electron chi connectivity index (χ3n) is 4.07. The van der Waals surface area contributed by atoms with Gasteiger partial charge in [0.05, 0.1) is 5.92 Å². The molecule has 5 heteroatoms. The van der Waals surface area contributed by atoms with Gasteiger partial charge in [-0.3, -0.25) is 9.20 Å². The van der Waals surface area contributed by atoms with Gasteiger partial charge in [0.1, 0.15) is 17.5 Å². The van der Waals surface area contributed by atoms with Crippen molar-refractivity contribution >= 4 is 22.8 Å². The predicted molar refractivity (Wildman–Crippen MR) is 78.7 cm³/mol. The molecule has 0 amide bonds. The van der Waals surface area contributed by atoms with E-state index in [1.165, 1.54) is 5.57 Å². The van der Waals surface area contributed by atoms with Crippen LogP contribution in [-0.4, -0.2) is 21.3 Å². The highest BCUT2D eigenvalue weighted by molar-refractivity contribution is 6.03. The van der Waals surface area contributed by atoms with Crippen molar-refractivity contribution in [3.8, 4) is 0 Å². The van der Waals surface area contributed by atoms with Crippen molar-refractivity contribution < 1.29 is 9.18 Å². The number of allylic oxidation sites excluding steroid dienone is 4. The minimum absolute atomic E-state index is 0.176. The number of imidazole rings is 1. The molecule has 2 aromatic heterocycles. The van der Waals surface area contributed by atoms with Crippen LogP contribution < -0.4 is 5.73 Å². The van der Waals surface area contributed by atoms with Gasteiger partial charge in [0.2, 0.25) is 0 Å². The summed E-state index contributed by atoms with van der Waals surface area (Å²) in [5, 5.41) is 0. The number of Topliss-reactive ketones (excluding diaryl/α,β-unsaturated/α-hetero) is 1. The summed E-state index contributed by atoms with van der Waals surface area (Å²) in [5.41, 5.74) is 8.99. The van der Waals surface area contributed by atoms with E-state index in [1.807, 2.05) is 30.5 Å². The maximum Gasteiger partial charge on any atom is 0.189 e. The molecule has 0 unspecified atom stereocenters. The third-order valence-corrected chi connectivity index (χ3v) is 4.07. The van der Waals surface area contributed by atoms with E-state index in [4.69, 9.17) is 5.73 Å². The van der Waals surface area contributed by atoms with Gasteiger partial charge in [-0.25, -0.2) is 9.37 Å². The number of nitrogens with two attached hydrogens (primary N) is 1. The fourth-order valence-electron chi connectivity index (χ4n) is 2.77. The number of nitrogen functional groups attached to an aromatic ring is 1. The first-order chi connectivity index (χ1) is 10.1. The number of hydrogen-bond acceptors (Lipinski definition) is 3. The van der Waals surface area contributed by atoms with Crippen LogP contribution in [0.15, 0.2) is 36.6 Å². The molecule has 0 aliphatic heterocycles. The summed E-state index contributed by atoms with van der Waals surface area (Å²) < 4.78 is 14.9. The van der Waals surface area contributed by atoms with Gasteiger partial charge in [0.15, 0.2) is 11.6 Å². The van der Waals surface area contributed by atoms with Crippen LogP contribution in [0, 0.1) is 5.92 Å². The first kappa shape index (κ1) is 12.3. The lowest BCUT2D eigenvalue weighted by atomic mass is 10.1. The smallest absolute Gasteiger partial charge is 0.189 e. The van der Waals surface area contributed by atoms with E-state index in [1.54, 1.807) is 4.40 Å². The number of pyridine rings is 1. The maximum atomic E-state index is 13.2. The van der Waals surface area contributed by atoms with E-state index in [9.17, 15) is 9.18 Å². The molecule has 2 aromatic rings. The summed E-state index contributed by atoms with van der Waals surface area (Å²) in [6, 6.07) is 3.80. The highest BCUT2D eigenvalue weighted by atomic mass is 19.1. The zero-order valence-electron chi connectivity index (χ0n) is 11.3. The number of ketones is 1. The second-order valence-electron chi connectivity index (χ2n) is 5.54. The van der Waals surface area contributed by atoms with Gasteiger partial charge < -0.3 is 5.73 Å². The molecule has 0 aromatic carbocycles. The Morgan fingerprint density at radius 3 is 2.90 bits per heavy atom. The van der Waals surface area contributed by atoms with E-state index in [2.05, 4.69) is 11.1 Å². The zero-order chi connectivity index (χ0) is 14.6. The quantitative estimate of drug-likeness (QED) is 0.881. The van der Waals surface area contributed by atoms with E-state index in [0.29, 0.717) is 17.8 Å². The lowest BCUT2D eigenvalue weighted by Gasteiger charge is -2.05. The molecule has 106 valence electrons. The van der Waals surface area contributed by atoms with E-state index in [-0.39, 0.29) is 11.6 Å². The van der Waals surface area contributed by atoms with Gasteiger partial charge in [-0.15, -0.1) is 0 Å². The molecule has 4 rings (SSSR count). The second-order valence-corrected chi connectivity index (χ2v) is 5.54. The van der Waals surface area contributed by atoms with Crippen LogP contribution in [0.25, 0.3) is 11.2 Å². The molecule has 1 saturated carbocycles. The number of fused-ring (bicyclic) bond motifs is 1. The van der Waals surface area contributed by atoms with Crippen LogP contribution in [0.1, 0.15) is 28.9 Å². The largest absolute Gasteiger partial charge is 0.382 e. The van der Waals surface area contributed by atoms with Crippen molar-refractivity contribution in [2.45, 2.75) is 19.0 Å². The standard InChI is InChI=1S/C16H14FN3O/c17-12-7-11(12)15(21)14-16(18)19-13-6-5-10(8-20(13)14)9-3-1-2-4-9/h1-3,5-6,8,11-12H,4,7,18H2/t11-,12+/m1/s1. The molecule has 21 heavy (non-hydrogen) atoms. The molecular weight excluding hydrogens is 269 g/mol. The van der Waals surface area contributed by atoms with Gasteiger partial charge in [-0.05, 0) is 36.1 Å². The van der Waals surface area contributed by atoms with Crippen LogP contribution in [-0.2, 0) is 0 Å². The minimum atomic E-state index is -1.03. The lowest BCUT2D eigenvalue weighted by molar-refractivity contribution is 0.0952. The molecular formula is C16H14FN3O. The van der Waals surface area contributed by atoms with Gasteiger partial charge in [-0.1, -0.05) is 18.2 Å². The highest BCUT2D eigenvalue weighted by Gasteiger charge is 2.45. The second kappa shape index (κ2) is 4.28. The fraction of sp³-hybridized carbons (Fsp3) is 0.250. The predicted octanol–water partition coefficient (Wildman–Crippen LogP) is 2.80. The summed E-state index contributed by atoms with van der Waals surface area (Å²) >= 11 is 0. The number of halogens is 1. The average Bonchev–Trinajstić information content (AvgIpc) is 2.91. The summed E-state index contributed by atoms with van der Waals surface area (Å²) in [6.07, 6.45) is 8.11. The Labute approximate surface area is 120 Å². The van der Waals surface area contributed by atoms with Gasteiger partial charge >= 0.3 is 0 Å². The monoisotopic (exact) mass is 283 g/mol. The topological polar surface area (TPSA) is 60.4 Å². The van der Waals surface area contributed by atoms with Gasteiger partial charge in [-0.2, -0.15) is 0 Å². The van der Waals surface area contributed by atoms with Crippen LogP contribution >= 0.6 is 0 Å². The molecule has 2 atom stereocenters. The van der Waals surface area contributed by atoms with E-state index >= 15 is 0 Å². The number of aromatic nitrogens is 2. The Morgan fingerprint density at radius 1 is 1.43 bits per heavy atom. The molecule has 0 bridgehead atoms. The molecule has 2 aliphatic carbocycles. The minimum Gasteiger partial charge on any atom is -0.382 e. The summed E-state index contributed by atoms with van der Waals surface area (Å²) in [7, 11) is 0.